The van der Waals surface area contributed by atoms with E-state index in [0.717, 1.165) is 6.61 Å². The van der Waals surface area contributed by atoms with E-state index >= 15 is 0 Å². The number of benzene rings is 1. The smallest absolute Gasteiger partial charge is 0.127 e. The number of hydrogen-bond donors (Lipinski definition) is 2. The first-order valence-electron chi connectivity index (χ1n) is 6.90. The molecule has 0 saturated heterocycles. The van der Waals surface area contributed by atoms with E-state index < -0.39 is 6.10 Å². The maximum Gasteiger partial charge on any atom is 0.127 e. The second-order valence-electron chi connectivity index (χ2n) is 5.29. The van der Waals surface area contributed by atoms with Crippen molar-refractivity contribution in [2.45, 2.75) is 31.9 Å². The van der Waals surface area contributed by atoms with E-state index in [2.05, 4.69) is 5.32 Å². The molecule has 2 atom stereocenters. The van der Waals surface area contributed by atoms with Gasteiger partial charge in [-0.1, -0.05) is 18.2 Å². The van der Waals surface area contributed by atoms with Crippen LogP contribution in [0.25, 0.3) is 0 Å². The van der Waals surface area contributed by atoms with Gasteiger partial charge in [-0.15, -0.1) is 0 Å². The number of ether oxygens (including phenoxy) is 1. The van der Waals surface area contributed by atoms with Crippen molar-refractivity contribution in [3.05, 3.63) is 35.6 Å². The van der Waals surface area contributed by atoms with Gasteiger partial charge in [0.15, 0.2) is 0 Å². The zero-order chi connectivity index (χ0) is 13.7. The highest BCUT2D eigenvalue weighted by Crippen LogP contribution is 2.28. The highest BCUT2D eigenvalue weighted by atomic mass is 19.1. The molecule has 2 unspecified atom stereocenters. The summed E-state index contributed by atoms with van der Waals surface area (Å²) in [5, 5.41) is 12.9. The van der Waals surface area contributed by atoms with Crippen molar-refractivity contribution in [3.8, 4) is 0 Å². The quantitative estimate of drug-likeness (QED) is 0.759. The second-order valence-corrected chi connectivity index (χ2v) is 5.29. The van der Waals surface area contributed by atoms with E-state index in [1.807, 2.05) is 13.0 Å². The van der Waals surface area contributed by atoms with Crippen LogP contribution in [0, 0.1) is 11.7 Å². The molecule has 2 rings (SSSR count). The van der Waals surface area contributed by atoms with Crippen molar-refractivity contribution in [2.24, 2.45) is 5.92 Å². The lowest BCUT2D eigenvalue weighted by atomic mass is 10.1. The highest BCUT2D eigenvalue weighted by molar-refractivity contribution is 5.20. The minimum absolute atomic E-state index is 0.126. The van der Waals surface area contributed by atoms with Crippen molar-refractivity contribution in [1.29, 1.82) is 0 Å². The van der Waals surface area contributed by atoms with Crippen LogP contribution in [-0.2, 0) is 4.74 Å². The minimum atomic E-state index is -0.548. The number of aliphatic hydroxyl groups excluding tert-OH is 1. The maximum absolute atomic E-state index is 13.5. The van der Waals surface area contributed by atoms with Gasteiger partial charge in [0.05, 0.1) is 12.7 Å². The number of aliphatic hydroxyl groups is 1. The van der Waals surface area contributed by atoms with Gasteiger partial charge in [0.25, 0.3) is 0 Å². The Morgan fingerprint density at radius 2 is 2.16 bits per heavy atom. The lowest BCUT2D eigenvalue weighted by Gasteiger charge is -2.18. The van der Waals surface area contributed by atoms with E-state index in [4.69, 9.17) is 4.74 Å². The van der Waals surface area contributed by atoms with Crippen LogP contribution < -0.4 is 5.32 Å². The Bertz CT molecular complexity index is 395. The molecule has 0 spiro atoms. The number of hydrogen-bond acceptors (Lipinski definition) is 3. The van der Waals surface area contributed by atoms with E-state index in [-0.39, 0.29) is 11.9 Å². The average Bonchev–Trinajstić information content (AvgIpc) is 3.20. The summed E-state index contributed by atoms with van der Waals surface area (Å²) >= 11 is 0. The minimum Gasteiger partial charge on any atom is -0.389 e. The van der Waals surface area contributed by atoms with Gasteiger partial charge in [-0.3, -0.25) is 0 Å². The molecule has 3 nitrogen and oxygen atoms in total. The van der Waals surface area contributed by atoms with Crippen LogP contribution in [0.4, 0.5) is 4.39 Å². The lowest BCUT2D eigenvalue weighted by molar-refractivity contribution is 0.0314. The summed E-state index contributed by atoms with van der Waals surface area (Å²) in [6.45, 7) is 3.38. The van der Waals surface area contributed by atoms with Crippen LogP contribution in [0.15, 0.2) is 24.3 Å². The molecule has 106 valence electrons. The van der Waals surface area contributed by atoms with Crippen molar-refractivity contribution in [1.82, 2.24) is 5.32 Å². The fourth-order valence-corrected chi connectivity index (χ4v) is 1.96. The van der Waals surface area contributed by atoms with Crippen molar-refractivity contribution < 1.29 is 14.2 Å². The average molecular weight is 267 g/mol. The summed E-state index contributed by atoms with van der Waals surface area (Å²) in [4.78, 5) is 0. The van der Waals surface area contributed by atoms with Gasteiger partial charge < -0.3 is 15.2 Å². The van der Waals surface area contributed by atoms with Crippen molar-refractivity contribution in [3.63, 3.8) is 0 Å². The molecule has 2 N–H and O–H groups in total. The molecule has 1 aromatic carbocycles. The van der Waals surface area contributed by atoms with Crippen LogP contribution in [0.5, 0.6) is 0 Å². The lowest BCUT2D eigenvalue weighted by Crippen LogP contribution is -2.32. The zero-order valence-corrected chi connectivity index (χ0v) is 11.3. The fourth-order valence-electron chi connectivity index (χ4n) is 1.96. The van der Waals surface area contributed by atoms with Crippen LogP contribution >= 0.6 is 0 Å². The normalized spacial score (nSPS) is 18.3. The molecule has 0 bridgehead atoms. The fraction of sp³-hybridized carbons (Fsp3) is 0.600. The Hall–Kier alpha value is -0.970. The molecule has 0 aromatic heterocycles. The van der Waals surface area contributed by atoms with Gasteiger partial charge in [-0.05, 0) is 31.7 Å². The Morgan fingerprint density at radius 1 is 1.42 bits per heavy atom. The topological polar surface area (TPSA) is 41.5 Å². The Kier molecular flexibility index (Phi) is 5.31. The van der Waals surface area contributed by atoms with Crippen LogP contribution in [0.3, 0.4) is 0 Å². The van der Waals surface area contributed by atoms with Crippen LogP contribution in [0.1, 0.15) is 31.4 Å². The molecular weight excluding hydrogens is 245 g/mol. The van der Waals surface area contributed by atoms with Gasteiger partial charge >= 0.3 is 0 Å². The predicted octanol–water partition coefficient (Wildman–Crippen LogP) is 2.26. The first kappa shape index (κ1) is 14.4. The molecule has 1 aliphatic carbocycles. The van der Waals surface area contributed by atoms with Crippen LogP contribution in [-0.4, -0.2) is 31.0 Å². The third-order valence-electron chi connectivity index (χ3n) is 3.39. The molecule has 0 amide bonds. The molecule has 1 aliphatic rings. The number of halogens is 1. The van der Waals surface area contributed by atoms with Crippen LogP contribution in [0.2, 0.25) is 0 Å². The molecule has 4 heteroatoms. The second kappa shape index (κ2) is 6.98. The Balaban J connectivity index is 1.67. The summed E-state index contributed by atoms with van der Waals surface area (Å²) in [6.07, 6.45) is 1.95. The maximum atomic E-state index is 13.5. The first-order chi connectivity index (χ1) is 9.16. The Labute approximate surface area is 113 Å². The Morgan fingerprint density at radius 3 is 2.84 bits per heavy atom. The number of nitrogens with one attached hydrogen (secondary N) is 1. The van der Waals surface area contributed by atoms with Gasteiger partial charge in [0.2, 0.25) is 0 Å². The van der Waals surface area contributed by atoms with E-state index in [9.17, 15) is 9.50 Å². The van der Waals surface area contributed by atoms with E-state index in [0.29, 0.717) is 24.6 Å². The van der Waals surface area contributed by atoms with Crippen molar-refractivity contribution in [2.75, 3.05) is 19.8 Å². The molecule has 0 radical (unpaired) electrons. The first-order valence-corrected chi connectivity index (χ1v) is 6.90. The van der Waals surface area contributed by atoms with E-state index in [1.54, 1.807) is 12.1 Å². The third kappa shape index (κ3) is 4.90. The predicted molar refractivity (Wildman–Crippen MR) is 72.4 cm³/mol. The summed E-state index contributed by atoms with van der Waals surface area (Å²) in [5.74, 6) is 0.486. The zero-order valence-electron chi connectivity index (χ0n) is 11.3. The molecule has 0 heterocycles. The monoisotopic (exact) mass is 267 g/mol. The summed E-state index contributed by atoms with van der Waals surface area (Å²) in [6, 6.07) is 6.56. The standard InChI is InChI=1S/C15H22FNO2/c1-11(14-4-2-3-5-15(14)16)17-8-13(18)10-19-9-12-6-7-12/h2-5,11-13,17-18H,6-10H2,1H3. The molecular formula is C15H22FNO2. The SMILES string of the molecule is CC(NCC(O)COCC1CC1)c1ccccc1F. The molecule has 1 fully saturated rings. The van der Waals surface area contributed by atoms with Crippen molar-refractivity contribution >= 4 is 0 Å². The molecule has 1 aromatic rings. The van der Waals surface area contributed by atoms with Gasteiger partial charge in [-0.2, -0.15) is 0 Å². The van der Waals surface area contributed by atoms with Gasteiger partial charge in [-0.25, -0.2) is 4.39 Å². The van der Waals surface area contributed by atoms with Gasteiger partial charge in [0, 0.05) is 24.8 Å². The van der Waals surface area contributed by atoms with Gasteiger partial charge in [0.1, 0.15) is 5.82 Å². The highest BCUT2D eigenvalue weighted by Gasteiger charge is 2.21. The summed E-state index contributed by atoms with van der Waals surface area (Å²) < 4.78 is 19.0. The largest absolute Gasteiger partial charge is 0.389 e. The number of rotatable bonds is 8. The van der Waals surface area contributed by atoms with E-state index in [1.165, 1.54) is 18.9 Å². The molecule has 0 aliphatic heterocycles. The summed E-state index contributed by atoms with van der Waals surface area (Å²) in [5.41, 5.74) is 0.619. The molecule has 19 heavy (non-hydrogen) atoms. The summed E-state index contributed by atoms with van der Waals surface area (Å²) in [7, 11) is 0. The third-order valence-corrected chi connectivity index (χ3v) is 3.39. The molecule has 1 saturated carbocycles.